The highest BCUT2D eigenvalue weighted by atomic mass is 79.9. The summed E-state index contributed by atoms with van der Waals surface area (Å²) in [5.41, 5.74) is 2.00. The summed E-state index contributed by atoms with van der Waals surface area (Å²) in [5, 5.41) is 16.8. The molecule has 0 amide bonds. The third-order valence-corrected chi connectivity index (χ3v) is 4.86. The maximum atomic E-state index is 5.69. The average molecular weight is 429 g/mol. The van der Waals surface area contributed by atoms with E-state index in [1.54, 1.807) is 0 Å². The summed E-state index contributed by atoms with van der Waals surface area (Å²) in [6.45, 7) is 0. The van der Waals surface area contributed by atoms with Crippen molar-refractivity contribution >= 4 is 27.7 Å². The van der Waals surface area contributed by atoms with Gasteiger partial charge in [-0.3, -0.25) is 0 Å². The van der Waals surface area contributed by atoms with Crippen LogP contribution < -0.4 is 0 Å². The number of hydrogen-bond donors (Lipinski definition) is 0. The molecular weight excluding hydrogens is 416 g/mol. The van der Waals surface area contributed by atoms with Gasteiger partial charge in [0.2, 0.25) is 17.7 Å². The molecule has 0 saturated carbocycles. The molecule has 0 atom stereocenters. The van der Waals surface area contributed by atoms with Crippen molar-refractivity contribution in [2.45, 2.75) is 17.4 Å². The fraction of sp³-hybridized carbons (Fsp3) is 0.111. The van der Waals surface area contributed by atoms with E-state index in [-0.39, 0.29) is 0 Å². The van der Waals surface area contributed by atoms with Crippen LogP contribution in [0.2, 0.25) is 0 Å². The summed E-state index contributed by atoms with van der Waals surface area (Å²) in [7, 11) is 0. The molecule has 4 aromatic rings. The van der Waals surface area contributed by atoms with Crippen LogP contribution in [0.15, 0.2) is 73.1 Å². The number of rotatable bonds is 6. The lowest BCUT2D eigenvalue weighted by Crippen LogP contribution is -1.87. The van der Waals surface area contributed by atoms with Crippen molar-refractivity contribution in [3.05, 3.63) is 76.4 Å². The van der Waals surface area contributed by atoms with Crippen molar-refractivity contribution in [2.75, 3.05) is 0 Å². The molecule has 0 unspecified atom stereocenters. The van der Waals surface area contributed by atoms with Crippen molar-refractivity contribution in [1.29, 1.82) is 0 Å². The molecule has 130 valence electrons. The number of benzene rings is 2. The zero-order chi connectivity index (χ0) is 17.8. The Balaban J connectivity index is 1.37. The second-order valence-electron chi connectivity index (χ2n) is 5.42. The molecule has 0 bridgehead atoms. The molecule has 2 aromatic heterocycles. The van der Waals surface area contributed by atoms with E-state index in [4.69, 9.17) is 8.83 Å². The molecular formula is C18H13BrN4O2S. The van der Waals surface area contributed by atoms with E-state index in [1.807, 2.05) is 54.6 Å². The molecule has 26 heavy (non-hydrogen) atoms. The molecule has 0 saturated heterocycles. The average Bonchev–Trinajstić information content (AvgIpc) is 3.31. The van der Waals surface area contributed by atoms with E-state index in [0.717, 1.165) is 15.6 Å². The van der Waals surface area contributed by atoms with Crippen LogP contribution in [0.1, 0.15) is 17.3 Å². The Morgan fingerprint density at radius 3 is 2.38 bits per heavy atom. The molecule has 6 nitrogen and oxygen atoms in total. The van der Waals surface area contributed by atoms with Crippen LogP contribution >= 0.6 is 27.7 Å². The number of nitrogens with zero attached hydrogens (tertiary/aromatic N) is 4. The lowest BCUT2D eigenvalue weighted by atomic mass is 10.2. The fourth-order valence-electron chi connectivity index (χ4n) is 2.28. The van der Waals surface area contributed by atoms with Gasteiger partial charge in [0.25, 0.3) is 5.22 Å². The van der Waals surface area contributed by atoms with Crippen molar-refractivity contribution in [3.63, 3.8) is 0 Å². The first-order valence-corrected chi connectivity index (χ1v) is 9.61. The third-order valence-electron chi connectivity index (χ3n) is 3.52. The van der Waals surface area contributed by atoms with Gasteiger partial charge in [0.05, 0.1) is 12.2 Å². The van der Waals surface area contributed by atoms with E-state index in [9.17, 15) is 0 Å². The zero-order valence-electron chi connectivity index (χ0n) is 13.5. The molecule has 0 aliphatic heterocycles. The predicted molar refractivity (Wildman–Crippen MR) is 101 cm³/mol. The van der Waals surface area contributed by atoms with E-state index in [2.05, 4.69) is 36.3 Å². The van der Waals surface area contributed by atoms with Gasteiger partial charge < -0.3 is 8.83 Å². The maximum absolute atomic E-state index is 5.69. The number of halogens is 1. The van der Waals surface area contributed by atoms with E-state index in [0.29, 0.717) is 35.1 Å². The lowest BCUT2D eigenvalue weighted by molar-refractivity contribution is 0.419. The van der Waals surface area contributed by atoms with Crippen LogP contribution in [0.4, 0.5) is 0 Å². The van der Waals surface area contributed by atoms with Gasteiger partial charge >= 0.3 is 0 Å². The van der Waals surface area contributed by atoms with Crippen LogP contribution in [-0.4, -0.2) is 20.4 Å². The van der Waals surface area contributed by atoms with Gasteiger partial charge in [0.1, 0.15) is 0 Å². The van der Waals surface area contributed by atoms with Crippen LogP contribution in [0.3, 0.4) is 0 Å². The minimum Gasteiger partial charge on any atom is -0.420 e. The quantitative estimate of drug-likeness (QED) is 0.409. The van der Waals surface area contributed by atoms with Crippen molar-refractivity contribution in [3.8, 4) is 11.5 Å². The fourth-order valence-corrected chi connectivity index (χ4v) is 3.16. The van der Waals surface area contributed by atoms with Crippen LogP contribution in [0.5, 0.6) is 0 Å². The SMILES string of the molecule is Brc1ccc(-c2nnc(CSc3nnc(Cc4ccccc4)o3)o2)cc1. The van der Waals surface area contributed by atoms with Crippen molar-refractivity contribution < 1.29 is 8.83 Å². The summed E-state index contributed by atoms with van der Waals surface area (Å²) in [6, 6.07) is 17.7. The molecule has 0 radical (unpaired) electrons. The van der Waals surface area contributed by atoms with Gasteiger partial charge in [-0.1, -0.05) is 58.0 Å². The molecule has 2 heterocycles. The molecule has 4 rings (SSSR count). The van der Waals surface area contributed by atoms with Crippen LogP contribution in [-0.2, 0) is 12.2 Å². The van der Waals surface area contributed by atoms with Gasteiger partial charge in [0.15, 0.2) is 0 Å². The summed E-state index contributed by atoms with van der Waals surface area (Å²) < 4.78 is 12.3. The Kier molecular flexibility index (Phi) is 5.12. The Morgan fingerprint density at radius 1 is 0.808 bits per heavy atom. The highest BCUT2D eigenvalue weighted by Crippen LogP contribution is 2.25. The Morgan fingerprint density at radius 2 is 1.58 bits per heavy atom. The maximum Gasteiger partial charge on any atom is 0.277 e. The monoisotopic (exact) mass is 428 g/mol. The smallest absolute Gasteiger partial charge is 0.277 e. The lowest BCUT2D eigenvalue weighted by Gasteiger charge is -1.95. The normalized spacial score (nSPS) is 11.0. The Hall–Kier alpha value is -2.45. The second kappa shape index (κ2) is 7.84. The van der Waals surface area contributed by atoms with Crippen LogP contribution in [0, 0.1) is 0 Å². The minimum atomic E-state index is 0.469. The Bertz CT molecular complexity index is 986. The van der Waals surface area contributed by atoms with Crippen molar-refractivity contribution in [1.82, 2.24) is 20.4 Å². The first kappa shape index (κ1) is 17.0. The molecule has 0 aliphatic rings. The Labute approximate surface area is 162 Å². The largest absolute Gasteiger partial charge is 0.420 e. The van der Waals surface area contributed by atoms with Gasteiger partial charge in [-0.25, -0.2) is 0 Å². The van der Waals surface area contributed by atoms with Gasteiger partial charge in [-0.15, -0.1) is 20.4 Å². The van der Waals surface area contributed by atoms with E-state index < -0.39 is 0 Å². The number of aromatic nitrogens is 4. The number of hydrogen-bond acceptors (Lipinski definition) is 7. The standard InChI is InChI=1S/C18H13BrN4O2S/c19-14-8-6-13(7-9-14)17-22-21-16(24-17)11-26-18-23-20-15(25-18)10-12-4-2-1-3-5-12/h1-9H,10-11H2. The third kappa shape index (κ3) is 4.20. The highest BCUT2D eigenvalue weighted by Gasteiger charge is 2.12. The van der Waals surface area contributed by atoms with Gasteiger partial charge in [0, 0.05) is 10.0 Å². The first-order chi connectivity index (χ1) is 12.8. The second-order valence-corrected chi connectivity index (χ2v) is 7.26. The van der Waals surface area contributed by atoms with Crippen molar-refractivity contribution in [2.24, 2.45) is 0 Å². The molecule has 0 spiro atoms. The molecule has 0 N–H and O–H groups in total. The first-order valence-electron chi connectivity index (χ1n) is 7.84. The topological polar surface area (TPSA) is 77.8 Å². The van der Waals surface area contributed by atoms with Gasteiger partial charge in [-0.05, 0) is 29.8 Å². The van der Waals surface area contributed by atoms with Crippen LogP contribution in [0.25, 0.3) is 11.5 Å². The van der Waals surface area contributed by atoms with Gasteiger partial charge in [-0.2, -0.15) is 0 Å². The van der Waals surface area contributed by atoms with E-state index in [1.165, 1.54) is 11.8 Å². The van der Waals surface area contributed by atoms with E-state index >= 15 is 0 Å². The molecule has 8 heteroatoms. The summed E-state index contributed by atoms with van der Waals surface area (Å²) >= 11 is 4.78. The molecule has 0 fully saturated rings. The summed E-state index contributed by atoms with van der Waals surface area (Å²) in [6.07, 6.45) is 0.614. The zero-order valence-corrected chi connectivity index (χ0v) is 15.9. The molecule has 0 aliphatic carbocycles. The summed E-state index contributed by atoms with van der Waals surface area (Å²) in [4.78, 5) is 0. The highest BCUT2D eigenvalue weighted by molar-refractivity contribution is 9.10. The minimum absolute atomic E-state index is 0.469. The molecule has 2 aromatic carbocycles. The summed E-state index contributed by atoms with van der Waals surface area (Å²) in [5.74, 6) is 2.05. The number of thioether (sulfide) groups is 1. The predicted octanol–water partition coefficient (Wildman–Crippen LogP) is 4.77.